The Kier molecular flexibility index (Phi) is 3.69. The molecule has 1 heterocycles. The number of benzene rings is 2. The highest BCUT2D eigenvalue weighted by Gasteiger charge is 2.26. The number of hydrogen-bond donors (Lipinski definition) is 0. The summed E-state index contributed by atoms with van der Waals surface area (Å²) in [6.45, 7) is 0. The SMILES string of the molecule is O=C1OC(c2ccc(F)cc2F)=N/C1=C\c1ccc(F)cc1F. The van der Waals surface area contributed by atoms with Crippen LogP contribution >= 0.6 is 0 Å². The first-order valence-corrected chi connectivity index (χ1v) is 6.37. The Balaban J connectivity index is 1.99. The maximum absolute atomic E-state index is 13.7. The fourth-order valence-electron chi connectivity index (χ4n) is 1.95. The number of ether oxygens (including phenoxy) is 1. The topological polar surface area (TPSA) is 38.7 Å². The highest BCUT2D eigenvalue weighted by molar-refractivity contribution is 6.12. The Hall–Kier alpha value is -2.96. The summed E-state index contributed by atoms with van der Waals surface area (Å²) in [5, 5.41) is 0. The van der Waals surface area contributed by atoms with Gasteiger partial charge in [0, 0.05) is 17.7 Å². The van der Waals surface area contributed by atoms with Gasteiger partial charge in [-0.2, -0.15) is 0 Å². The van der Waals surface area contributed by atoms with Crippen LogP contribution in [0.1, 0.15) is 11.1 Å². The first kappa shape index (κ1) is 15.0. The van der Waals surface area contributed by atoms with Crippen molar-refractivity contribution in [2.24, 2.45) is 4.99 Å². The average Bonchev–Trinajstić information content (AvgIpc) is 2.83. The molecule has 2 aromatic carbocycles. The van der Waals surface area contributed by atoms with Gasteiger partial charge in [0.05, 0.1) is 5.56 Å². The van der Waals surface area contributed by atoms with E-state index in [4.69, 9.17) is 4.74 Å². The number of rotatable bonds is 2. The standard InChI is InChI=1S/C16H7F4NO2/c17-9-2-1-8(12(19)6-9)5-14-16(22)23-15(21-14)11-4-3-10(18)7-13(11)20/h1-7H/b14-5-. The molecule has 116 valence electrons. The van der Waals surface area contributed by atoms with Gasteiger partial charge < -0.3 is 4.74 Å². The van der Waals surface area contributed by atoms with Gasteiger partial charge in [0.2, 0.25) is 5.90 Å². The molecule has 3 nitrogen and oxygen atoms in total. The summed E-state index contributed by atoms with van der Waals surface area (Å²) in [4.78, 5) is 15.5. The minimum absolute atomic E-state index is 0.0806. The molecule has 0 saturated heterocycles. The van der Waals surface area contributed by atoms with E-state index in [-0.39, 0.29) is 22.7 Å². The van der Waals surface area contributed by atoms with Crippen LogP contribution in [0, 0.1) is 23.3 Å². The van der Waals surface area contributed by atoms with Gasteiger partial charge in [-0.25, -0.2) is 27.3 Å². The number of carbonyl (C=O) groups excluding carboxylic acids is 1. The lowest BCUT2D eigenvalue weighted by Crippen LogP contribution is -2.07. The largest absolute Gasteiger partial charge is 0.402 e. The Labute approximate surface area is 127 Å². The summed E-state index contributed by atoms with van der Waals surface area (Å²) in [5.41, 5.74) is -0.570. The van der Waals surface area contributed by atoms with E-state index in [1.807, 2.05) is 0 Å². The highest BCUT2D eigenvalue weighted by Crippen LogP contribution is 2.22. The van der Waals surface area contributed by atoms with Crippen LogP contribution in [-0.2, 0) is 9.53 Å². The van der Waals surface area contributed by atoms with Gasteiger partial charge in [-0.15, -0.1) is 0 Å². The molecule has 0 atom stereocenters. The molecule has 0 aliphatic carbocycles. The predicted octanol–water partition coefficient (Wildman–Crippen LogP) is 3.59. The van der Waals surface area contributed by atoms with E-state index < -0.39 is 29.2 Å². The van der Waals surface area contributed by atoms with Crippen molar-refractivity contribution >= 4 is 17.9 Å². The van der Waals surface area contributed by atoms with Gasteiger partial charge in [0.25, 0.3) is 0 Å². The Morgan fingerprint density at radius 1 is 0.913 bits per heavy atom. The molecule has 7 heteroatoms. The molecule has 0 aromatic heterocycles. The van der Waals surface area contributed by atoms with Gasteiger partial charge >= 0.3 is 5.97 Å². The summed E-state index contributed by atoms with van der Waals surface area (Å²) in [6, 6.07) is 5.45. The number of esters is 1. The first-order valence-electron chi connectivity index (χ1n) is 6.37. The van der Waals surface area contributed by atoms with Gasteiger partial charge in [0.15, 0.2) is 5.70 Å². The lowest BCUT2D eigenvalue weighted by atomic mass is 10.2. The fraction of sp³-hybridized carbons (Fsp3) is 0. The first-order chi connectivity index (χ1) is 10.9. The third-order valence-corrected chi connectivity index (χ3v) is 3.04. The second-order valence-electron chi connectivity index (χ2n) is 4.63. The summed E-state index contributed by atoms with van der Waals surface area (Å²) >= 11 is 0. The summed E-state index contributed by atoms with van der Waals surface area (Å²) < 4.78 is 57.8. The van der Waals surface area contributed by atoms with Crippen molar-refractivity contribution in [1.82, 2.24) is 0 Å². The number of halogens is 4. The fourth-order valence-corrected chi connectivity index (χ4v) is 1.95. The van der Waals surface area contributed by atoms with Crippen molar-refractivity contribution in [3.63, 3.8) is 0 Å². The Bertz CT molecular complexity index is 874. The minimum atomic E-state index is -0.953. The molecule has 0 spiro atoms. The van der Waals surface area contributed by atoms with Crippen LogP contribution in [0.4, 0.5) is 17.6 Å². The van der Waals surface area contributed by atoms with Crippen LogP contribution in [-0.4, -0.2) is 11.9 Å². The minimum Gasteiger partial charge on any atom is -0.402 e. The van der Waals surface area contributed by atoms with Gasteiger partial charge in [-0.3, -0.25) is 0 Å². The second-order valence-corrected chi connectivity index (χ2v) is 4.63. The molecule has 0 unspecified atom stereocenters. The highest BCUT2D eigenvalue weighted by atomic mass is 19.1. The van der Waals surface area contributed by atoms with E-state index in [1.165, 1.54) is 0 Å². The maximum atomic E-state index is 13.7. The van der Waals surface area contributed by atoms with Gasteiger partial charge in [-0.1, -0.05) is 0 Å². The summed E-state index contributed by atoms with van der Waals surface area (Å²) in [7, 11) is 0. The maximum Gasteiger partial charge on any atom is 0.363 e. The smallest absolute Gasteiger partial charge is 0.363 e. The van der Waals surface area contributed by atoms with E-state index in [0.29, 0.717) is 12.1 Å². The molecule has 0 bridgehead atoms. The second kappa shape index (κ2) is 5.68. The van der Waals surface area contributed by atoms with E-state index in [2.05, 4.69) is 4.99 Å². The molecule has 0 radical (unpaired) electrons. The van der Waals surface area contributed by atoms with E-state index >= 15 is 0 Å². The molecule has 0 amide bonds. The van der Waals surface area contributed by atoms with Crippen molar-refractivity contribution in [3.05, 3.63) is 76.5 Å². The Morgan fingerprint density at radius 2 is 1.57 bits per heavy atom. The summed E-state index contributed by atoms with van der Waals surface area (Å²) in [6.07, 6.45) is 1.05. The predicted molar refractivity (Wildman–Crippen MR) is 73.3 cm³/mol. The number of carbonyl (C=O) groups is 1. The van der Waals surface area contributed by atoms with Crippen LogP contribution in [0.15, 0.2) is 47.1 Å². The average molecular weight is 321 g/mol. The van der Waals surface area contributed by atoms with Gasteiger partial charge in [0.1, 0.15) is 23.3 Å². The molecule has 0 fully saturated rings. The molecule has 1 aliphatic rings. The van der Waals surface area contributed by atoms with E-state index in [1.54, 1.807) is 0 Å². The lowest BCUT2D eigenvalue weighted by molar-refractivity contribution is -0.129. The Morgan fingerprint density at radius 3 is 2.22 bits per heavy atom. The monoisotopic (exact) mass is 321 g/mol. The molecular weight excluding hydrogens is 314 g/mol. The summed E-state index contributed by atoms with van der Waals surface area (Å²) in [5.74, 6) is -4.68. The van der Waals surface area contributed by atoms with Crippen LogP contribution in [0.25, 0.3) is 6.08 Å². The van der Waals surface area contributed by atoms with Crippen LogP contribution in [0.3, 0.4) is 0 Å². The van der Waals surface area contributed by atoms with Crippen LogP contribution in [0.2, 0.25) is 0 Å². The molecule has 0 saturated carbocycles. The normalized spacial score (nSPS) is 15.7. The zero-order chi connectivity index (χ0) is 16.6. The molecule has 3 rings (SSSR count). The molecule has 23 heavy (non-hydrogen) atoms. The van der Waals surface area contributed by atoms with Crippen molar-refractivity contribution < 1.29 is 27.1 Å². The van der Waals surface area contributed by atoms with Crippen molar-refractivity contribution in [1.29, 1.82) is 0 Å². The zero-order valence-corrected chi connectivity index (χ0v) is 11.3. The van der Waals surface area contributed by atoms with Crippen LogP contribution in [0.5, 0.6) is 0 Å². The number of cyclic esters (lactones) is 1. The third-order valence-electron chi connectivity index (χ3n) is 3.04. The van der Waals surface area contributed by atoms with Crippen molar-refractivity contribution in [3.8, 4) is 0 Å². The van der Waals surface area contributed by atoms with E-state index in [9.17, 15) is 22.4 Å². The van der Waals surface area contributed by atoms with E-state index in [0.717, 1.165) is 30.3 Å². The van der Waals surface area contributed by atoms with Crippen molar-refractivity contribution in [2.45, 2.75) is 0 Å². The van der Waals surface area contributed by atoms with Crippen LogP contribution < -0.4 is 0 Å². The quantitative estimate of drug-likeness (QED) is 0.482. The number of hydrogen-bond acceptors (Lipinski definition) is 3. The number of nitrogens with zero attached hydrogens (tertiary/aromatic N) is 1. The molecule has 0 N–H and O–H groups in total. The molecule has 1 aliphatic heterocycles. The van der Waals surface area contributed by atoms with Crippen molar-refractivity contribution in [2.75, 3.05) is 0 Å². The number of aliphatic imine (C=N–C) groups is 1. The van der Waals surface area contributed by atoms with Gasteiger partial charge in [-0.05, 0) is 30.3 Å². The lowest BCUT2D eigenvalue weighted by Gasteiger charge is -2.00. The molecule has 2 aromatic rings. The third kappa shape index (κ3) is 2.98. The zero-order valence-electron chi connectivity index (χ0n) is 11.3. The molecular formula is C16H7F4NO2.